The fraction of sp³-hybridized carbons (Fsp3) is 0.600. The van der Waals surface area contributed by atoms with E-state index >= 15 is 0 Å². The standard InChI is InChI=1S/C15H18F4O3S/c1-13(10-20)5-7-14(16,8-6-13)23(21,22)12-4-2-3-11(9-12)15(17,18)19/h2-4,9,20H,5-8,10H2,1H3. The minimum absolute atomic E-state index is 0.151. The third-order valence-corrected chi connectivity index (χ3v) is 6.78. The molecule has 0 bridgehead atoms. The summed E-state index contributed by atoms with van der Waals surface area (Å²) in [6, 6.07) is 3.15. The van der Waals surface area contributed by atoms with Gasteiger partial charge in [-0.25, -0.2) is 12.8 Å². The van der Waals surface area contributed by atoms with E-state index in [2.05, 4.69) is 0 Å². The minimum atomic E-state index is -4.70. The molecule has 0 aliphatic heterocycles. The first-order valence-corrected chi connectivity index (χ1v) is 8.64. The lowest BCUT2D eigenvalue weighted by atomic mass is 9.75. The highest BCUT2D eigenvalue weighted by atomic mass is 32.2. The monoisotopic (exact) mass is 354 g/mol. The quantitative estimate of drug-likeness (QED) is 0.842. The number of hydrogen-bond donors (Lipinski definition) is 1. The highest BCUT2D eigenvalue weighted by molar-refractivity contribution is 7.92. The fourth-order valence-electron chi connectivity index (χ4n) is 2.70. The van der Waals surface area contributed by atoms with Gasteiger partial charge in [-0.05, 0) is 49.3 Å². The number of sulfone groups is 1. The third-order valence-electron chi connectivity index (χ3n) is 4.54. The average Bonchev–Trinajstić information content (AvgIpc) is 2.50. The van der Waals surface area contributed by atoms with E-state index in [9.17, 15) is 31.1 Å². The lowest BCUT2D eigenvalue weighted by molar-refractivity contribution is -0.137. The van der Waals surface area contributed by atoms with Crippen LogP contribution in [0.1, 0.15) is 38.2 Å². The summed E-state index contributed by atoms with van der Waals surface area (Å²) >= 11 is 0. The maximum absolute atomic E-state index is 15.0. The van der Waals surface area contributed by atoms with Crippen molar-refractivity contribution < 1.29 is 31.1 Å². The van der Waals surface area contributed by atoms with Gasteiger partial charge in [0.05, 0.1) is 10.5 Å². The lowest BCUT2D eigenvalue weighted by Crippen LogP contribution is -2.42. The van der Waals surface area contributed by atoms with Crippen LogP contribution in [-0.4, -0.2) is 25.1 Å². The molecule has 1 fully saturated rings. The molecular formula is C15H18F4O3S. The third kappa shape index (κ3) is 3.38. The zero-order valence-corrected chi connectivity index (χ0v) is 13.3. The maximum Gasteiger partial charge on any atom is 0.416 e. The summed E-state index contributed by atoms with van der Waals surface area (Å²) < 4.78 is 78.1. The molecule has 0 aromatic heterocycles. The summed E-state index contributed by atoms with van der Waals surface area (Å²) in [7, 11) is -4.55. The van der Waals surface area contributed by atoms with Gasteiger partial charge in [0.25, 0.3) is 0 Å². The van der Waals surface area contributed by atoms with Crippen LogP contribution in [0.2, 0.25) is 0 Å². The summed E-state index contributed by atoms with van der Waals surface area (Å²) in [6.07, 6.45) is -5.08. The summed E-state index contributed by atoms with van der Waals surface area (Å²) in [5, 5.41) is 6.66. The smallest absolute Gasteiger partial charge is 0.396 e. The van der Waals surface area contributed by atoms with E-state index in [1.807, 2.05) is 0 Å². The summed E-state index contributed by atoms with van der Waals surface area (Å²) in [6.45, 7) is 1.54. The Hall–Kier alpha value is -1.15. The number of halogens is 4. The van der Waals surface area contributed by atoms with E-state index in [0.717, 1.165) is 18.2 Å². The highest BCUT2D eigenvalue weighted by Crippen LogP contribution is 2.47. The first-order chi connectivity index (χ1) is 10.4. The van der Waals surface area contributed by atoms with Gasteiger partial charge in [0.2, 0.25) is 14.8 Å². The van der Waals surface area contributed by atoms with Crippen molar-refractivity contribution in [2.24, 2.45) is 5.41 Å². The van der Waals surface area contributed by atoms with Crippen molar-refractivity contribution in [3.8, 4) is 0 Å². The molecule has 0 amide bonds. The van der Waals surface area contributed by atoms with Gasteiger partial charge in [0, 0.05) is 6.61 Å². The molecule has 1 aromatic carbocycles. The highest BCUT2D eigenvalue weighted by Gasteiger charge is 2.50. The van der Waals surface area contributed by atoms with E-state index in [1.165, 1.54) is 0 Å². The van der Waals surface area contributed by atoms with Gasteiger partial charge in [0.15, 0.2) is 0 Å². The van der Waals surface area contributed by atoms with E-state index in [1.54, 1.807) is 6.92 Å². The number of rotatable bonds is 3. The lowest BCUT2D eigenvalue weighted by Gasteiger charge is -2.39. The van der Waals surface area contributed by atoms with Crippen molar-refractivity contribution in [1.82, 2.24) is 0 Å². The first-order valence-electron chi connectivity index (χ1n) is 7.15. The summed E-state index contributed by atoms with van der Waals surface area (Å²) in [5.41, 5.74) is -1.68. The Labute approximate surface area is 132 Å². The molecular weight excluding hydrogens is 336 g/mol. The van der Waals surface area contributed by atoms with Crippen molar-refractivity contribution in [3.05, 3.63) is 29.8 Å². The van der Waals surface area contributed by atoms with Crippen LogP contribution >= 0.6 is 0 Å². The number of aliphatic hydroxyl groups is 1. The number of hydrogen-bond acceptors (Lipinski definition) is 3. The molecule has 0 radical (unpaired) electrons. The molecule has 130 valence electrons. The van der Waals surface area contributed by atoms with Crippen molar-refractivity contribution >= 4 is 9.84 Å². The Balaban J connectivity index is 2.36. The predicted octanol–water partition coefficient (Wildman–Crippen LogP) is 3.72. The van der Waals surface area contributed by atoms with Crippen LogP contribution in [0.25, 0.3) is 0 Å². The Morgan fingerprint density at radius 2 is 1.74 bits per heavy atom. The molecule has 0 unspecified atom stereocenters. The molecule has 3 nitrogen and oxygen atoms in total. The molecule has 1 aliphatic carbocycles. The van der Waals surface area contributed by atoms with Crippen molar-refractivity contribution in [1.29, 1.82) is 0 Å². The van der Waals surface area contributed by atoms with E-state index < -0.39 is 36.9 Å². The van der Waals surface area contributed by atoms with Gasteiger partial charge in [-0.2, -0.15) is 13.2 Å². The molecule has 0 spiro atoms. The molecule has 1 aromatic rings. The fourth-order valence-corrected chi connectivity index (χ4v) is 4.41. The molecule has 0 heterocycles. The van der Waals surface area contributed by atoms with Gasteiger partial charge in [-0.1, -0.05) is 13.0 Å². The minimum Gasteiger partial charge on any atom is -0.396 e. The molecule has 0 saturated heterocycles. The summed E-state index contributed by atoms with van der Waals surface area (Å²) in [5.74, 6) is 0. The molecule has 2 rings (SSSR count). The Morgan fingerprint density at radius 1 is 1.17 bits per heavy atom. The molecule has 0 atom stereocenters. The number of benzene rings is 1. The first kappa shape index (κ1) is 18.2. The SMILES string of the molecule is CC1(CO)CCC(F)(S(=O)(=O)c2cccc(C(F)(F)F)c2)CC1. The number of aliphatic hydroxyl groups excluding tert-OH is 1. The zero-order chi connectivity index (χ0) is 17.5. The Morgan fingerprint density at radius 3 is 2.22 bits per heavy atom. The van der Waals surface area contributed by atoms with Gasteiger partial charge in [-0.15, -0.1) is 0 Å². The molecule has 1 N–H and O–H groups in total. The Kier molecular flexibility index (Phi) is 4.54. The summed E-state index contributed by atoms with van der Waals surface area (Å²) in [4.78, 5) is -0.664. The van der Waals surface area contributed by atoms with Crippen LogP contribution in [0.15, 0.2) is 29.2 Å². The topological polar surface area (TPSA) is 54.4 Å². The van der Waals surface area contributed by atoms with Gasteiger partial charge in [-0.3, -0.25) is 0 Å². The van der Waals surface area contributed by atoms with Crippen LogP contribution in [0.4, 0.5) is 17.6 Å². The number of alkyl halides is 4. The predicted molar refractivity (Wildman–Crippen MR) is 76.1 cm³/mol. The van der Waals surface area contributed by atoms with Crippen LogP contribution in [0.3, 0.4) is 0 Å². The second-order valence-corrected chi connectivity index (χ2v) is 8.59. The second kappa shape index (κ2) is 5.73. The largest absolute Gasteiger partial charge is 0.416 e. The van der Waals surface area contributed by atoms with Crippen molar-refractivity contribution in [2.45, 2.75) is 48.7 Å². The van der Waals surface area contributed by atoms with Gasteiger partial charge >= 0.3 is 6.18 Å². The second-order valence-electron chi connectivity index (χ2n) is 6.38. The van der Waals surface area contributed by atoms with Crippen molar-refractivity contribution in [2.75, 3.05) is 6.61 Å². The molecule has 23 heavy (non-hydrogen) atoms. The van der Waals surface area contributed by atoms with Crippen LogP contribution in [0.5, 0.6) is 0 Å². The van der Waals surface area contributed by atoms with Crippen LogP contribution in [0, 0.1) is 5.41 Å². The maximum atomic E-state index is 15.0. The molecule has 1 aliphatic rings. The van der Waals surface area contributed by atoms with Crippen molar-refractivity contribution in [3.63, 3.8) is 0 Å². The van der Waals surface area contributed by atoms with Gasteiger partial charge in [0.1, 0.15) is 0 Å². The van der Waals surface area contributed by atoms with Crippen LogP contribution in [-0.2, 0) is 16.0 Å². The average molecular weight is 354 g/mol. The van der Waals surface area contributed by atoms with E-state index in [-0.39, 0.29) is 32.3 Å². The molecule has 1 saturated carbocycles. The zero-order valence-electron chi connectivity index (χ0n) is 12.5. The van der Waals surface area contributed by atoms with E-state index in [4.69, 9.17) is 0 Å². The van der Waals surface area contributed by atoms with E-state index in [0.29, 0.717) is 6.07 Å². The normalized spacial score (nSPS) is 29.5. The van der Waals surface area contributed by atoms with Gasteiger partial charge < -0.3 is 5.11 Å². The Bertz CT molecular complexity index is 674. The van der Waals surface area contributed by atoms with Crippen LogP contribution < -0.4 is 0 Å². The molecule has 8 heteroatoms.